The molecular weight excluding hydrogens is 659 g/mol. The number of amides is 2. The van der Waals surface area contributed by atoms with Crippen molar-refractivity contribution in [2.45, 2.75) is 38.8 Å². The molecule has 2 saturated heterocycles. The Labute approximate surface area is 297 Å². The van der Waals surface area contributed by atoms with Gasteiger partial charge in [-0.1, -0.05) is 30.3 Å². The summed E-state index contributed by atoms with van der Waals surface area (Å²) >= 11 is 0. The standard InChI is InChI=1S/C37H48F3N9O2/c1-3-49(30-8-9-32(41)31(20-30)34(42)27-10-15-46(16-11-27)23-37(38,39)40)36(51)29-12-17-47(21-29)22-33(50)48-18-13-26(14-19-48)25-4-6-28(7-5-25)35(43)45-24-44-2/h4-9,13,20,24,27,29,42H,3,10-12,14-19,21-23,41H2,1-2H3,(H2,43,44,45). The molecule has 0 spiro atoms. The van der Waals surface area contributed by atoms with Gasteiger partial charge < -0.3 is 26.7 Å². The minimum Gasteiger partial charge on any atom is -0.398 e. The molecule has 274 valence electrons. The van der Waals surface area contributed by atoms with Gasteiger partial charge in [0, 0.05) is 67.4 Å². The predicted octanol–water partition coefficient (Wildman–Crippen LogP) is 4.27. The Morgan fingerprint density at radius 3 is 2.33 bits per heavy atom. The van der Waals surface area contributed by atoms with Crippen molar-refractivity contribution in [1.82, 2.24) is 14.7 Å². The number of amidine groups is 1. The number of hydrogen-bond donors (Lipinski definition) is 3. The molecule has 14 heteroatoms. The second kappa shape index (κ2) is 16.6. The number of halogens is 3. The first-order valence-corrected chi connectivity index (χ1v) is 17.5. The van der Waals surface area contributed by atoms with Gasteiger partial charge in [-0.15, -0.1) is 0 Å². The maximum Gasteiger partial charge on any atom is 0.401 e. The molecule has 3 aliphatic rings. The van der Waals surface area contributed by atoms with E-state index in [-0.39, 0.29) is 43.3 Å². The van der Waals surface area contributed by atoms with Gasteiger partial charge in [-0.3, -0.25) is 24.4 Å². The van der Waals surface area contributed by atoms with Crippen LogP contribution in [-0.4, -0.2) is 117 Å². The van der Waals surface area contributed by atoms with Crippen molar-refractivity contribution in [3.63, 3.8) is 0 Å². The summed E-state index contributed by atoms with van der Waals surface area (Å²) < 4.78 is 38.5. The van der Waals surface area contributed by atoms with Crippen LogP contribution < -0.4 is 16.4 Å². The number of nitrogen functional groups attached to an aromatic ring is 1. The van der Waals surface area contributed by atoms with Gasteiger partial charge in [0.2, 0.25) is 11.8 Å². The molecule has 3 aliphatic heterocycles. The summed E-state index contributed by atoms with van der Waals surface area (Å²) in [5.74, 6) is -0.0988. The van der Waals surface area contributed by atoms with Crippen LogP contribution in [-0.2, 0) is 9.59 Å². The fourth-order valence-corrected chi connectivity index (χ4v) is 7.16. The van der Waals surface area contributed by atoms with Gasteiger partial charge in [0.1, 0.15) is 12.2 Å². The van der Waals surface area contributed by atoms with E-state index in [0.717, 1.165) is 17.5 Å². The van der Waals surface area contributed by atoms with Crippen molar-refractivity contribution in [3.05, 3.63) is 65.2 Å². The van der Waals surface area contributed by atoms with Crippen molar-refractivity contribution in [2.75, 3.05) is 76.6 Å². The molecule has 0 radical (unpaired) electrons. The number of carbonyl (C=O) groups is 2. The zero-order chi connectivity index (χ0) is 36.7. The normalized spacial score (nSPS) is 19.8. The SMILES string of the molecule is CCN(C(=O)C1CCN(CC(=O)N2CC=C(c3ccc(C(N)=NC=NC)cc3)CC2)C1)c1ccc(N)c(C(=N)C2CCN(CC(F)(F)F)CC2)c1. The number of nitrogens with two attached hydrogens (primary N) is 2. The van der Waals surface area contributed by atoms with Crippen LogP contribution in [0.1, 0.15) is 49.3 Å². The van der Waals surface area contributed by atoms with Crippen molar-refractivity contribution in [2.24, 2.45) is 27.6 Å². The van der Waals surface area contributed by atoms with Crippen LogP contribution >= 0.6 is 0 Å². The van der Waals surface area contributed by atoms with Crippen LogP contribution in [0.4, 0.5) is 24.5 Å². The first-order chi connectivity index (χ1) is 24.4. The molecule has 51 heavy (non-hydrogen) atoms. The Balaban J connectivity index is 1.14. The van der Waals surface area contributed by atoms with E-state index in [9.17, 15) is 22.8 Å². The van der Waals surface area contributed by atoms with Crippen molar-refractivity contribution >= 4 is 46.6 Å². The maximum atomic E-state index is 13.8. The monoisotopic (exact) mass is 707 g/mol. The summed E-state index contributed by atoms with van der Waals surface area (Å²) in [4.78, 5) is 41.9. The molecule has 2 aromatic rings. The van der Waals surface area contributed by atoms with Crippen LogP contribution in [0, 0.1) is 17.2 Å². The Morgan fingerprint density at radius 1 is 1.02 bits per heavy atom. The molecule has 0 bridgehead atoms. The quantitative estimate of drug-likeness (QED) is 0.181. The van der Waals surface area contributed by atoms with Gasteiger partial charge in [0.25, 0.3) is 0 Å². The molecule has 3 heterocycles. The number of rotatable bonds is 11. The van der Waals surface area contributed by atoms with Gasteiger partial charge in [0.15, 0.2) is 0 Å². The number of hydrogen-bond acceptors (Lipinski definition) is 7. The number of piperidine rings is 1. The molecule has 1 unspecified atom stereocenters. The van der Waals surface area contributed by atoms with Crippen LogP contribution in [0.5, 0.6) is 0 Å². The Morgan fingerprint density at radius 2 is 1.71 bits per heavy atom. The molecule has 0 aliphatic carbocycles. The van der Waals surface area contributed by atoms with E-state index in [1.807, 2.05) is 41.0 Å². The number of nitrogens with zero attached hydrogens (tertiary/aromatic N) is 6. The second-order valence-electron chi connectivity index (χ2n) is 13.4. The number of nitrogens with one attached hydrogen (secondary N) is 1. The molecule has 5 rings (SSSR count). The number of likely N-dealkylation sites (tertiary alicyclic amines) is 2. The van der Waals surface area contributed by atoms with Crippen LogP contribution in [0.25, 0.3) is 5.57 Å². The highest BCUT2D eigenvalue weighted by Crippen LogP contribution is 2.31. The average molecular weight is 708 g/mol. The van der Waals surface area contributed by atoms with Gasteiger partial charge in [-0.2, -0.15) is 13.2 Å². The third-order valence-electron chi connectivity index (χ3n) is 10.0. The van der Waals surface area contributed by atoms with Gasteiger partial charge >= 0.3 is 6.18 Å². The molecule has 2 fully saturated rings. The minimum absolute atomic E-state index is 0.0357. The smallest absolute Gasteiger partial charge is 0.398 e. The fraction of sp³-hybridized carbons (Fsp3) is 0.486. The largest absolute Gasteiger partial charge is 0.401 e. The molecular formula is C37H48F3N9O2. The Hall–Kier alpha value is -4.56. The molecule has 0 saturated carbocycles. The molecule has 0 aromatic heterocycles. The predicted molar refractivity (Wildman–Crippen MR) is 196 cm³/mol. The van der Waals surface area contributed by atoms with Crippen molar-refractivity contribution < 1.29 is 22.8 Å². The van der Waals surface area contributed by atoms with E-state index in [0.29, 0.717) is 80.5 Å². The van der Waals surface area contributed by atoms with E-state index in [2.05, 4.69) is 16.1 Å². The van der Waals surface area contributed by atoms with Crippen LogP contribution in [0.15, 0.2) is 58.5 Å². The Bertz CT molecular complexity index is 1660. The fourth-order valence-electron chi connectivity index (χ4n) is 7.16. The van der Waals surface area contributed by atoms with E-state index >= 15 is 0 Å². The lowest BCUT2D eigenvalue weighted by molar-refractivity contribution is -0.148. The first kappa shape index (κ1) is 37.7. The number of carbonyl (C=O) groups excluding carboxylic acids is 2. The summed E-state index contributed by atoms with van der Waals surface area (Å²) in [6, 6.07) is 13.1. The van der Waals surface area contributed by atoms with Crippen molar-refractivity contribution in [3.8, 4) is 0 Å². The summed E-state index contributed by atoms with van der Waals surface area (Å²) in [6.45, 7) is 4.40. The highest BCUT2D eigenvalue weighted by Gasteiger charge is 2.35. The second-order valence-corrected chi connectivity index (χ2v) is 13.4. The number of aliphatic imine (C=N–C) groups is 2. The lowest BCUT2D eigenvalue weighted by Crippen LogP contribution is -2.42. The maximum absolute atomic E-state index is 13.8. The van der Waals surface area contributed by atoms with Gasteiger partial charge in [-0.05, 0) is 81.6 Å². The van der Waals surface area contributed by atoms with Crippen LogP contribution in [0.2, 0.25) is 0 Å². The zero-order valence-corrected chi connectivity index (χ0v) is 29.3. The first-order valence-electron chi connectivity index (χ1n) is 17.5. The summed E-state index contributed by atoms with van der Waals surface area (Å²) in [5, 5.41) is 8.87. The highest BCUT2D eigenvalue weighted by molar-refractivity contribution is 6.06. The number of anilines is 2. The van der Waals surface area contributed by atoms with Gasteiger partial charge in [0.05, 0.1) is 19.0 Å². The summed E-state index contributed by atoms with van der Waals surface area (Å²) in [5.41, 5.74) is 17.2. The van der Waals surface area contributed by atoms with Crippen molar-refractivity contribution in [1.29, 1.82) is 5.41 Å². The van der Waals surface area contributed by atoms with Crippen LogP contribution in [0.3, 0.4) is 0 Å². The lowest BCUT2D eigenvalue weighted by atomic mass is 9.87. The zero-order valence-electron chi connectivity index (χ0n) is 29.3. The number of benzene rings is 2. The third kappa shape index (κ3) is 9.61. The van der Waals surface area contributed by atoms with Gasteiger partial charge in [-0.25, -0.2) is 4.99 Å². The summed E-state index contributed by atoms with van der Waals surface area (Å²) in [7, 11) is 1.63. The topological polar surface area (TPSA) is 148 Å². The minimum atomic E-state index is -4.25. The van der Waals surface area contributed by atoms with E-state index < -0.39 is 12.7 Å². The number of alkyl halides is 3. The lowest BCUT2D eigenvalue weighted by Gasteiger charge is -2.33. The third-order valence-corrected chi connectivity index (χ3v) is 10.0. The summed E-state index contributed by atoms with van der Waals surface area (Å²) in [6.07, 6.45) is 1.51. The van der Waals surface area contributed by atoms with E-state index in [1.165, 1.54) is 16.8 Å². The van der Waals surface area contributed by atoms with E-state index in [1.54, 1.807) is 30.1 Å². The molecule has 11 nitrogen and oxygen atoms in total. The highest BCUT2D eigenvalue weighted by atomic mass is 19.4. The Kier molecular flexibility index (Phi) is 12.3. The molecule has 1 atom stereocenters. The van der Waals surface area contributed by atoms with E-state index in [4.69, 9.17) is 16.9 Å². The molecule has 5 N–H and O–H groups in total. The molecule has 2 aromatic carbocycles. The average Bonchev–Trinajstić information content (AvgIpc) is 3.59. The molecule has 2 amide bonds.